The van der Waals surface area contributed by atoms with Crippen LogP contribution in [0.2, 0.25) is 10.0 Å². The lowest BCUT2D eigenvalue weighted by molar-refractivity contribution is -0.145. The molecule has 1 heterocycles. The van der Waals surface area contributed by atoms with Crippen molar-refractivity contribution in [2.75, 3.05) is 33.7 Å². The molecule has 24 heavy (non-hydrogen) atoms. The summed E-state index contributed by atoms with van der Waals surface area (Å²) < 4.78 is 43.6. The van der Waals surface area contributed by atoms with E-state index in [2.05, 4.69) is 0 Å². The Hall–Kier alpha value is -0.760. The van der Waals surface area contributed by atoms with Crippen molar-refractivity contribution in [3.8, 4) is 5.75 Å². The van der Waals surface area contributed by atoms with Gasteiger partial charge in [0.15, 0.2) is 5.75 Å². The van der Waals surface area contributed by atoms with Crippen LogP contribution in [0.4, 0.5) is 13.2 Å². The number of benzene rings is 1. The second-order valence-corrected chi connectivity index (χ2v) is 6.94. The van der Waals surface area contributed by atoms with Gasteiger partial charge in [-0.25, -0.2) is 0 Å². The minimum atomic E-state index is -4.23. The maximum absolute atomic E-state index is 12.6. The molecule has 0 saturated carbocycles. The van der Waals surface area contributed by atoms with Gasteiger partial charge in [0.05, 0.1) is 11.6 Å². The van der Waals surface area contributed by atoms with E-state index in [1.54, 1.807) is 25.1 Å². The molecule has 0 spiro atoms. The summed E-state index contributed by atoms with van der Waals surface area (Å²) in [6.45, 7) is -0.432. The third kappa shape index (κ3) is 4.88. The first-order valence-corrected chi connectivity index (χ1v) is 8.43. The average Bonchev–Trinajstić information content (AvgIpc) is 2.64. The normalized spacial score (nSPS) is 15.6. The monoisotopic (exact) mass is 400 g/mol. The standard InChI is InChI=1S/C15H17Cl2F3N2OS/c1-21(2)14(24)23-13-10-4-6-22(8-15(18,19)20)5-3-9(10)11(16)7-12(13)17/h7H,3-6,8H2,1-2H3. The minimum absolute atomic E-state index is 0.220. The highest BCUT2D eigenvalue weighted by Gasteiger charge is 2.32. The zero-order valence-electron chi connectivity index (χ0n) is 13.2. The van der Waals surface area contributed by atoms with E-state index in [4.69, 9.17) is 40.2 Å². The van der Waals surface area contributed by atoms with E-state index in [0.29, 0.717) is 28.6 Å². The van der Waals surface area contributed by atoms with Gasteiger partial charge in [-0.2, -0.15) is 13.2 Å². The predicted molar refractivity (Wildman–Crippen MR) is 93.3 cm³/mol. The minimum Gasteiger partial charge on any atom is -0.430 e. The zero-order chi connectivity index (χ0) is 18.1. The van der Waals surface area contributed by atoms with Crippen molar-refractivity contribution < 1.29 is 17.9 Å². The van der Waals surface area contributed by atoms with Gasteiger partial charge in [-0.1, -0.05) is 23.2 Å². The van der Waals surface area contributed by atoms with Gasteiger partial charge in [0, 0.05) is 37.8 Å². The van der Waals surface area contributed by atoms with Crippen LogP contribution in [0.25, 0.3) is 0 Å². The number of hydrogen-bond acceptors (Lipinski definition) is 3. The van der Waals surface area contributed by atoms with Crippen molar-refractivity contribution in [3.63, 3.8) is 0 Å². The Kier molecular flexibility index (Phi) is 6.23. The van der Waals surface area contributed by atoms with Crippen LogP contribution in [0.3, 0.4) is 0 Å². The highest BCUT2D eigenvalue weighted by Crippen LogP contribution is 2.38. The number of alkyl halides is 3. The number of fused-ring (bicyclic) bond motifs is 1. The van der Waals surface area contributed by atoms with Crippen molar-refractivity contribution in [3.05, 3.63) is 27.2 Å². The first-order valence-electron chi connectivity index (χ1n) is 7.26. The molecule has 0 amide bonds. The van der Waals surface area contributed by atoms with E-state index >= 15 is 0 Å². The number of ether oxygens (including phenoxy) is 1. The summed E-state index contributed by atoms with van der Waals surface area (Å²) in [6, 6.07) is 1.55. The van der Waals surface area contributed by atoms with Gasteiger partial charge in [-0.05, 0) is 36.7 Å². The molecule has 3 nitrogen and oxygen atoms in total. The van der Waals surface area contributed by atoms with Crippen molar-refractivity contribution in [1.29, 1.82) is 0 Å². The third-order valence-corrected chi connectivity index (χ3v) is 4.78. The topological polar surface area (TPSA) is 15.7 Å². The lowest BCUT2D eigenvalue weighted by Gasteiger charge is -2.21. The highest BCUT2D eigenvalue weighted by atomic mass is 35.5. The Balaban J connectivity index is 2.31. The van der Waals surface area contributed by atoms with Crippen LogP contribution in [0, 0.1) is 0 Å². The summed E-state index contributed by atoms with van der Waals surface area (Å²) in [7, 11) is 3.46. The van der Waals surface area contributed by atoms with Crippen LogP contribution in [0.15, 0.2) is 6.07 Å². The van der Waals surface area contributed by atoms with Crippen molar-refractivity contribution >= 4 is 40.6 Å². The molecule has 0 aliphatic carbocycles. The number of rotatable bonds is 2. The van der Waals surface area contributed by atoms with Crippen molar-refractivity contribution in [1.82, 2.24) is 9.80 Å². The maximum Gasteiger partial charge on any atom is 0.401 e. The van der Waals surface area contributed by atoms with Gasteiger partial charge >= 0.3 is 6.18 Å². The Bertz CT molecular complexity index is 638. The number of hydrogen-bond donors (Lipinski definition) is 0. The van der Waals surface area contributed by atoms with E-state index in [1.807, 2.05) is 0 Å². The molecule has 1 aliphatic rings. The smallest absolute Gasteiger partial charge is 0.401 e. The molecule has 1 aromatic carbocycles. The van der Waals surface area contributed by atoms with Crippen LogP contribution in [0.5, 0.6) is 5.75 Å². The second kappa shape index (κ2) is 7.64. The summed E-state index contributed by atoms with van der Waals surface area (Å²) in [5, 5.41) is 0.956. The summed E-state index contributed by atoms with van der Waals surface area (Å²) in [6.07, 6.45) is -3.48. The summed E-state index contributed by atoms with van der Waals surface area (Å²) in [5.41, 5.74) is 1.49. The summed E-state index contributed by atoms with van der Waals surface area (Å²) in [4.78, 5) is 2.97. The molecule has 0 aromatic heterocycles. The van der Waals surface area contributed by atoms with E-state index < -0.39 is 12.7 Å². The fraction of sp³-hybridized carbons (Fsp3) is 0.533. The molecule has 1 aromatic rings. The van der Waals surface area contributed by atoms with E-state index in [1.165, 1.54) is 4.90 Å². The molecular weight excluding hydrogens is 384 g/mol. The fourth-order valence-electron chi connectivity index (χ4n) is 2.58. The molecule has 9 heteroatoms. The van der Waals surface area contributed by atoms with E-state index in [-0.39, 0.29) is 18.3 Å². The molecule has 2 rings (SSSR count). The molecule has 0 fully saturated rings. The molecular formula is C15H17Cl2F3N2OS. The van der Waals surface area contributed by atoms with Gasteiger partial charge in [0.1, 0.15) is 0 Å². The van der Waals surface area contributed by atoms with E-state index in [9.17, 15) is 13.2 Å². The van der Waals surface area contributed by atoms with Gasteiger partial charge in [-0.3, -0.25) is 4.90 Å². The SMILES string of the molecule is CN(C)C(=S)Oc1c(Cl)cc(Cl)c2c1CCN(CC(F)(F)F)CC2. The molecule has 0 atom stereocenters. The highest BCUT2D eigenvalue weighted by molar-refractivity contribution is 7.80. The van der Waals surface area contributed by atoms with Gasteiger partial charge in [-0.15, -0.1) is 0 Å². The zero-order valence-corrected chi connectivity index (χ0v) is 15.5. The molecule has 0 radical (unpaired) electrons. The second-order valence-electron chi connectivity index (χ2n) is 5.78. The maximum atomic E-state index is 12.6. The van der Waals surface area contributed by atoms with Crippen LogP contribution < -0.4 is 4.74 Å². The van der Waals surface area contributed by atoms with Gasteiger partial charge < -0.3 is 9.64 Å². The molecule has 134 valence electrons. The molecule has 0 saturated heterocycles. The van der Waals surface area contributed by atoms with Crippen LogP contribution in [0.1, 0.15) is 11.1 Å². The summed E-state index contributed by atoms with van der Waals surface area (Å²) >= 11 is 17.6. The number of thiocarbonyl (C=S) groups is 1. The Labute approximate surface area is 154 Å². The number of halogens is 5. The molecule has 0 N–H and O–H groups in total. The lowest BCUT2D eigenvalue weighted by atomic mass is 10.0. The Morgan fingerprint density at radius 1 is 1.21 bits per heavy atom. The van der Waals surface area contributed by atoms with Crippen molar-refractivity contribution in [2.45, 2.75) is 19.0 Å². The van der Waals surface area contributed by atoms with Crippen LogP contribution in [-0.2, 0) is 12.8 Å². The van der Waals surface area contributed by atoms with Crippen molar-refractivity contribution in [2.24, 2.45) is 0 Å². The molecule has 0 bridgehead atoms. The van der Waals surface area contributed by atoms with Crippen LogP contribution in [-0.4, -0.2) is 54.9 Å². The number of nitrogens with zero attached hydrogens (tertiary/aromatic N) is 2. The fourth-order valence-corrected chi connectivity index (χ4v) is 3.29. The molecule has 1 aliphatic heterocycles. The van der Waals surface area contributed by atoms with Gasteiger partial charge in [0.25, 0.3) is 5.17 Å². The van der Waals surface area contributed by atoms with E-state index in [0.717, 1.165) is 11.1 Å². The van der Waals surface area contributed by atoms with Gasteiger partial charge in [0.2, 0.25) is 0 Å². The Morgan fingerprint density at radius 3 is 2.33 bits per heavy atom. The lowest BCUT2D eigenvalue weighted by Crippen LogP contribution is -2.35. The van der Waals surface area contributed by atoms with Crippen LogP contribution >= 0.6 is 35.4 Å². The average molecular weight is 401 g/mol. The first kappa shape index (κ1) is 19.6. The largest absolute Gasteiger partial charge is 0.430 e. The predicted octanol–water partition coefficient (Wildman–Crippen LogP) is 4.18. The quantitative estimate of drug-likeness (QED) is 0.691. The molecule has 0 unspecified atom stereocenters. The third-order valence-electron chi connectivity index (χ3n) is 3.71. The Morgan fingerprint density at radius 2 is 1.79 bits per heavy atom. The first-order chi connectivity index (χ1) is 11.1. The summed E-state index contributed by atoms with van der Waals surface area (Å²) in [5.74, 6) is 0.378.